The Balaban J connectivity index is 1.84. The molecule has 2 aliphatic rings. The molecule has 1 aromatic carbocycles. The normalized spacial score (nSPS) is 22.8. The summed E-state index contributed by atoms with van der Waals surface area (Å²) < 4.78 is 11.6. The fraction of sp³-hybridized carbons (Fsp3) is 0.600. The zero-order valence-electron chi connectivity index (χ0n) is 11.0. The predicted molar refractivity (Wildman–Crippen MR) is 71.5 cm³/mol. The highest BCUT2D eigenvalue weighted by Crippen LogP contribution is 2.35. The van der Waals surface area contributed by atoms with E-state index in [1.165, 1.54) is 24.0 Å². The van der Waals surface area contributed by atoms with Crippen LogP contribution in [0.25, 0.3) is 0 Å². The van der Waals surface area contributed by atoms with Crippen molar-refractivity contribution in [2.75, 3.05) is 19.8 Å². The quantitative estimate of drug-likeness (QED) is 0.870. The minimum Gasteiger partial charge on any atom is -0.490 e. The Bertz CT molecular complexity index is 425. The summed E-state index contributed by atoms with van der Waals surface area (Å²) in [7, 11) is 0. The molecule has 0 aliphatic carbocycles. The molecular weight excluding hydrogens is 226 g/mol. The van der Waals surface area contributed by atoms with Crippen LogP contribution in [0.3, 0.4) is 0 Å². The molecule has 3 rings (SSSR count). The van der Waals surface area contributed by atoms with E-state index in [2.05, 4.69) is 24.4 Å². The third-order valence-corrected chi connectivity index (χ3v) is 3.90. The van der Waals surface area contributed by atoms with Crippen molar-refractivity contribution in [3.8, 4) is 11.5 Å². The molecule has 0 bridgehead atoms. The van der Waals surface area contributed by atoms with Crippen LogP contribution in [-0.2, 0) is 6.42 Å². The standard InChI is InChI=1S/C15H21NO2/c1-11-12(10-13-4-2-7-16-13)5-6-14-15(11)18-9-3-8-17-14/h5-6,13,16H,2-4,7-10H2,1H3. The van der Waals surface area contributed by atoms with Crippen molar-refractivity contribution in [1.29, 1.82) is 0 Å². The van der Waals surface area contributed by atoms with Crippen molar-refractivity contribution in [2.24, 2.45) is 0 Å². The molecule has 98 valence electrons. The molecule has 0 saturated carbocycles. The van der Waals surface area contributed by atoms with Gasteiger partial charge in [-0.1, -0.05) is 6.07 Å². The summed E-state index contributed by atoms with van der Waals surface area (Å²) >= 11 is 0. The van der Waals surface area contributed by atoms with Crippen LogP contribution in [0.4, 0.5) is 0 Å². The van der Waals surface area contributed by atoms with E-state index in [9.17, 15) is 0 Å². The van der Waals surface area contributed by atoms with Gasteiger partial charge in [-0.3, -0.25) is 0 Å². The zero-order valence-corrected chi connectivity index (χ0v) is 11.0. The summed E-state index contributed by atoms with van der Waals surface area (Å²) in [6.07, 6.45) is 4.65. The monoisotopic (exact) mass is 247 g/mol. The van der Waals surface area contributed by atoms with E-state index in [-0.39, 0.29) is 0 Å². The Morgan fingerprint density at radius 1 is 1.22 bits per heavy atom. The van der Waals surface area contributed by atoms with Gasteiger partial charge in [0, 0.05) is 12.5 Å². The van der Waals surface area contributed by atoms with Gasteiger partial charge in [0.25, 0.3) is 0 Å². The van der Waals surface area contributed by atoms with Gasteiger partial charge in [0.15, 0.2) is 11.5 Å². The molecule has 2 heterocycles. The molecule has 0 amide bonds. The van der Waals surface area contributed by atoms with Crippen LogP contribution in [0.15, 0.2) is 12.1 Å². The number of ether oxygens (including phenoxy) is 2. The van der Waals surface area contributed by atoms with E-state index < -0.39 is 0 Å². The molecule has 1 unspecified atom stereocenters. The van der Waals surface area contributed by atoms with Crippen molar-refractivity contribution < 1.29 is 9.47 Å². The summed E-state index contributed by atoms with van der Waals surface area (Å²) in [5.74, 6) is 1.87. The lowest BCUT2D eigenvalue weighted by molar-refractivity contribution is 0.296. The Kier molecular flexibility index (Phi) is 3.41. The van der Waals surface area contributed by atoms with Gasteiger partial charge >= 0.3 is 0 Å². The highest BCUT2D eigenvalue weighted by Gasteiger charge is 2.19. The first-order valence-corrected chi connectivity index (χ1v) is 6.96. The molecule has 1 fully saturated rings. The van der Waals surface area contributed by atoms with Crippen molar-refractivity contribution in [3.63, 3.8) is 0 Å². The van der Waals surface area contributed by atoms with Gasteiger partial charge in [-0.2, -0.15) is 0 Å². The first-order valence-electron chi connectivity index (χ1n) is 6.96. The van der Waals surface area contributed by atoms with E-state index in [1.807, 2.05) is 0 Å². The van der Waals surface area contributed by atoms with Crippen molar-refractivity contribution in [2.45, 2.75) is 38.6 Å². The van der Waals surface area contributed by atoms with Crippen LogP contribution in [0.1, 0.15) is 30.4 Å². The van der Waals surface area contributed by atoms with E-state index in [0.717, 1.165) is 44.1 Å². The minimum atomic E-state index is 0.633. The van der Waals surface area contributed by atoms with Crippen LogP contribution < -0.4 is 14.8 Å². The minimum absolute atomic E-state index is 0.633. The lowest BCUT2D eigenvalue weighted by Gasteiger charge is -2.16. The number of nitrogens with one attached hydrogen (secondary N) is 1. The molecule has 2 aliphatic heterocycles. The number of fused-ring (bicyclic) bond motifs is 1. The van der Waals surface area contributed by atoms with Crippen LogP contribution in [0.2, 0.25) is 0 Å². The predicted octanol–water partition coefficient (Wildman–Crippen LogP) is 2.45. The summed E-state index contributed by atoms with van der Waals surface area (Å²) in [4.78, 5) is 0. The molecule has 0 spiro atoms. The maximum atomic E-state index is 5.84. The third-order valence-electron chi connectivity index (χ3n) is 3.90. The molecule has 1 atom stereocenters. The summed E-state index contributed by atoms with van der Waals surface area (Å²) in [5, 5.41) is 3.55. The third kappa shape index (κ3) is 2.32. The lowest BCUT2D eigenvalue weighted by Crippen LogP contribution is -2.24. The Morgan fingerprint density at radius 2 is 2.11 bits per heavy atom. The van der Waals surface area contributed by atoms with Crippen molar-refractivity contribution in [3.05, 3.63) is 23.3 Å². The van der Waals surface area contributed by atoms with Gasteiger partial charge < -0.3 is 14.8 Å². The second-order valence-corrected chi connectivity index (χ2v) is 5.22. The molecule has 3 heteroatoms. The highest BCUT2D eigenvalue weighted by atomic mass is 16.5. The molecule has 0 radical (unpaired) electrons. The average Bonchev–Trinajstić information content (AvgIpc) is 2.76. The smallest absolute Gasteiger partial charge is 0.164 e. The van der Waals surface area contributed by atoms with Crippen molar-refractivity contribution >= 4 is 0 Å². The average molecular weight is 247 g/mol. The van der Waals surface area contributed by atoms with Crippen LogP contribution in [0.5, 0.6) is 11.5 Å². The van der Waals surface area contributed by atoms with Gasteiger partial charge in [0.05, 0.1) is 13.2 Å². The maximum Gasteiger partial charge on any atom is 0.164 e. The Morgan fingerprint density at radius 3 is 2.94 bits per heavy atom. The summed E-state index contributed by atoms with van der Waals surface area (Å²) in [6, 6.07) is 4.90. The SMILES string of the molecule is Cc1c(CC2CCCN2)ccc2c1OCCCO2. The van der Waals surface area contributed by atoms with E-state index in [4.69, 9.17) is 9.47 Å². The maximum absolute atomic E-state index is 5.84. The Labute approximate surface area is 108 Å². The summed E-state index contributed by atoms with van der Waals surface area (Å²) in [6.45, 7) is 4.83. The van der Waals surface area contributed by atoms with E-state index in [1.54, 1.807) is 0 Å². The fourth-order valence-electron chi connectivity index (χ4n) is 2.83. The topological polar surface area (TPSA) is 30.5 Å². The second-order valence-electron chi connectivity index (χ2n) is 5.22. The molecule has 0 aromatic heterocycles. The molecule has 1 N–H and O–H groups in total. The van der Waals surface area contributed by atoms with Gasteiger partial charge in [-0.15, -0.1) is 0 Å². The molecule has 1 aromatic rings. The highest BCUT2D eigenvalue weighted by molar-refractivity contribution is 5.50. The van der Waals surface area contributed by atoms with Gasteiger partial charge in [0.2, 0.25) is 0 Å². The number of benzene rings is 1. The van der Waals surface area contributed by atoms with E-state index in [0.29, 0.717) is 6.04 Å². The number of rotatable bonds is 2. The second kappa shape index (κ2) is 5.19. The molecular formula is C15H21NO2. The van der Waals surface area contributed by atoms with Gasteiger partial charge in [-0.25, -0.2) is 0 Å². The first-order chi connectivity index (χ1) is 8.84. The van der Waals surface area contributed by atoms with Gasteiger partial charge in [-0.05, 0) is 49.9 Å². The molecule has 18 heavy (non-hydrogen) atoms. The zero-order chi connectivity index (χ0) is 12.4. The number of hydrogen-bond donors (Lipinski definition) is 1. The van der Waals surface area contributed by atoms with Crippen LogP contribution in [-0.4, -0.2) is 25.8 Å². The largest absolute Gasteiger partial charge is 0.490 e. The number of hydrogen-bond acceptors (Lipinski definition) is 3. The van der Waals surface area contributed by atoms with Crippen LogP contribution >= 0.6 is 0 Å². The first kappa shape index (κ1) is 11.8. The molecule has 1 saturated heterocycles. The van der Waals surface area contributed by atoms with Gasteiger partial charge in [0.1, 0.15) is 0 Å². The van der Waals surface area contributed by atoms with E-state index >= 15 is 0 Å². The fourth-order valence-corrected chi connectivity index (χ4v) is 2.83. The summed E-state index contributed by atoms with van der Waals surface area (Å²) in [5.41, 5.74) is 2.64. The lowest BCUT2D eigenvalue weighted by atomic mass is 9.99. The van der Waals surface area contributed by atoms with Crippen molar-refractivity contribution in [1.82, 2.24) is 5.32 Å². The van der Waals surface area contributed by atoms with Crippen LogP contribution in [0, 0.1) is 6.92 Å². The Hall–Kier alpha value is -1.22. The molecule has 3 nitrogen and oxygen atoms in total.